The number of hydrogen-bond donors (Lipinski definition) is 0. The van der Waals surface area contributed by atoms with Crippen molar-refractivity contribution in [1.29, 1.82) is 0 Å². The quantitative estimate of drug-likeness (QED) is 0.549. The van der Waals surface area contributed by atoms with Crippen molar-refractivity contribution in [3.8, 4) is 0 Å². The minimum Gasteiger partial charge on any atom is -0.158 e. The molecule has 1 aliphatic rings. The highest BCUT2D eigenvalue weighted by atomic mass is 32.2. The van der Waals surface area contributed by atoms with Crippen LogP contribution in [0.2, 0.25) is 0 Å². The fraction of sp³-hybridized carbons (Fsp3) is 1.00. The third-order valence-corrected chi connectivity index (χ3v) is 4.52. The van der Waals surface area contributed by atoms with Crippen LogP contribution in [-0.2, 0) is 0 Å². The zero-order chi connectivity index (χ0) is 9.03. The summed E-state index contributed by atoms with van der Waals surface area (Å²) in [4.78, 5) is 0. The van der Waals surface area contributed by atoms with Crippen LogP contribution in [0.4, 0.5) is 0 Å². The molecular formula is C11H22S. The van der Waals surface area contributed by atoms with E-state index in [2.05, 4.69) is 32.5 Å². The fourth-order valence-electron chi connectivity index (χ4n) is 1.78. The van der Waals surface area contributed by atoms with Gasteiger partial charge in [-0.25, -0.2) is 0 Å². The predicted molar refractivity (Wildman–Crippen MR) is 58.8 cm³/mol. The molecule has 0 radical (unpaired) electrons. The summed E-state index contributed by atoms with van der Waals surface area (Å²) in [6.07, 6.45) is 7.26. The molecule has 0 saturated carbocycles. The molecule has 1 heteroatoms. The molecule has 0 aliphatic carbocycles. The van der Waals surface area contributed by atoms with Gasteiger partial charge in [-0.15, -0.1) is 0 Å². The van der Waals surface area contributed by atoms with Gasteiger partial charge in [-0.3, -0.25) is 0 Å². The predicted octanol–water partition coefficient (Wildman–Crippen LogP) is 4.10. The largest absolute Gasteiger partial charge is 0.158 e. The summed E-state index contributed by atoms with van der Waals surface area (Å²) in [5.41, 5.74) is 0.516. The Balaban J connectivity index is 2.40. The summed E-state index contributed by atoms with van der Waals surface area (Å²) in [7, 11) is 0. The van der Waals surface area contributed by atoms with E-state index in [1.165, 1.54) is 37.9 Å². The van der Waals surface area contributed by atoms with E-state index in [1.54, 1.807) is 0 Å². The zero-order valence-corrected chi connectivity index (χ0v) is 9.54. The highest BCUT2D eigenvalue weighted by Crippen LogP contribution is 2.36. The Bertz CT molecular complexity index is 115. The molecule has 12 heavy (non-hydrogen) atoms. The first-order chi connectivity index (χ1) is 5.61. The maximum atomic E-state index is 2.38. The van der Waals surface area contributed by atoms with Crippen LogP contribution in [0.1, 0.15) is 52.9 Å². The Kier molecular flexibility index (Phi) is 3.95. The highest BCUT2D eigenvalue weighted by molar-refractivity contribution is 7.99. The molecule has 1 unspecified atom stereocenters. The average Bonchev–Trinajstić information content (AvgIpc) is 1.81. The molecule has 1 rings (SSSR count). The van der Waals surface area contributed by atoms with E-state index in [0.29, 0.717) is 5.41 Å². The highest BCUT2D eigenvalue weighted by Gasteiger charge is 2.24. The third-order valence-electron chi connectivity index (χ3n) is 2.65. The van der Waals surface area contributed by atoms with E-state index in [1.807, 2.05) is 0 Å². The Morgan fingerprint density at radius 3 is 2.33 bits per heavy atom. The van der Waals surface area contributed by atoms with E-state index in [-0.39, 0.29) is 0 Å². The second kappa shape index (κ2) is 4.55. The van der Waals surface area contributed by atoms with Gasteiger partial charge >= 0.3 is 0 Å². The van der Waals surface area contributed by atoms with Gasteiger partial charge in [-0.1, -0.05) is 40.0 Å². The second-order valence-corrected chi connectivity index (χ2v) is 6.24. The topological polar surface area (TPSA) is 0 Å². The Morgan fingerprint density at radius 2 is 1.67 bits per heavy atom. The van der Waals surface area contributed by atoms with Gasteiger partial charge in [0, 0.05) is 5.25 Å². The average molecular weight is 186 g/mol. The maximum Gasteiger partial charge on any atom is 0.00955 e. The fourth-order valence-corrected chi connectivity index (χ4v) is 3.27. The van der Waals surface area contributed by atoms with Crippen molar-refractivity contribution in [3.63, 3.8) is 0 Å². The minimum atomic E-state index is 0.516. The summed E-state index contributed by atoms with van der Waals surface area (Å²) in [5, 5.41) is 0.901. The Hall–Kier alpha value is 0.350. The molecule has 1 atom stereocenters. The van der Waals surface area contributed by atoms with Crippen molar-refractivity contribution >= 4 is 11.8 Å². The van der Waals surface area contributed by atoms with Gasteiger partial charge in [0.2, 0.25) is 0 Å². The van der Waals surface area contributed by atoms with Crippen molar-refractivity contribution in [3.05, 3.63) is 0 Å². The van der Waals surface area contributed by atoms with Crippen LogP contribution in [0.15, 0.2) is 0 Å². The third kappa shape index (κ3) is 3.38. The molecule has 0 N–H and O–H groups in total. The summed E-state index contributed by atoms with van der Waals surface area (Å²) < 4.78 is 0. The smallest absolute Gasteiger partial charge is 0.00955 e. The van der Waals surface area contributed by atoms with Crippen LogP contribution in [0.5, 0.6) is 0 Å². The maximum absolute atomic E-state index is 2.38. The van der Waals surface area contributed by atoms with Gasteiger partial charge in [0.1, 0.15) is 0 Å². The molecule has 0 aromatic carbocycles. The molecule has 1 aliphatic heterocycles. The molecule has 0 bridgehead atoms. The van der Waals surface area contributed by atoms with Gasteiger partial charge in [0.05, 0.1) is 0 Å². The van der Waals surface area contributed by atoms with E-state index in [9.17, 15) is 0 Å². The van der Waals surface area contributed by atoms with Crippen molar-refractivity contribution in [2.75, 3.05) is 5.75 Å². The molecule has 0 nitrogen and oxygen atoms in total. The van der Waals surface area contributed by atoms with Crippen LogP contribution < -0.4 is 0 Å². The second-order valence-electron chi connectivity index (χ2n) is 4.93. The van der Waals surface area contributed by atoms with Crippen LogP contribution in [-0.4, -0.2) is 11.0 Å². The van der Waals surface area contributed by atoms with E-state index in [4.69, 9.17) is 0 Å². The molecule has 0 aromatic heterocycles. The lowest BCUT2D eigenvalue weighted by Crippen LogP contribution is -2.24. The summed E-state index contributed by atoms with van der Waals surface area (Å²) in [6.45, 7) is 7.14. The molecule has 0 spiro atoms. The lowest BCUT2D eigenvalue weighted by Gasteiger charge is -2.31. The molecule has 0 amide bonds. The van der Waals surface area contributed by atoms with Gasteiger partial charge in [0.25, 0.3) is 0 Å². The van der Waals surface area contributed by atoms with Crippen molar-refractivity contribution < 1.29 is 0 Å². The Labute approximate surface area is 81.5 Å². The first-order valence-corrected chi connectivity index (χ1v) is 6.27. The standard InChI is InChI=1S/C11H22S/c1-11(2,3)10-8-6-4-5-7-9-12-10/h10H,4-9H2,1-3H3. The van der Waals surface area contributed by atoms with Crippen molar-refractivity contribution in [2.24, 2.45) is 5.41 Å². The van der Waals surface area contributed by atoms with Gasteiger partial charge in [0.15, 0.2) is 0 Å². The van der Waals surface area contributed by atoms with Crippen LogP contribution in [0.25, 0.3) is 0 Å². The lowest BCUT2D eigenvalue weighted by molar-refractivity contribution is 0.368. The summed E-state index contributed by atoms with van der Waals surface area (Å²) in [5.74, 6) is 1.39. The lowest BCUT2D eigenvalue weighted by atomic mass is 9.88. The number of hydrogen-bond acceptors (Lipinski definition) is 1. The molecule has 1 heterocycles. The zero-order valence-electron chi connectivity index (χ0n) is 8.73. The molecule has 1 saturated heterocycles. The first-order valence-electron chi connectivity index (χ1n) is 5.22. The van der Waals surface area contributed by atoms with Crippen molar-refractivity contribution in [2.45, 2.75) is 58.1 Å². The summed E-state index contributed by atoms with van der Waals surface area (Å²) >= 11 is 2.20. The van der Waals surface area contributed by atoms with Gasteiger partial charge in [-0.05, 0) is 24.0 Å². The van der Waals surface area contributed by atoms with Gasteiger partial charge in [-0.2, -0.15) is 11.8 Å². The van der Waals surface area contributed by atoms with Crippen LogP contribution in [0.3, 0.4) is 0 Å². The van der Waals surface area contributed by atoms with E-state index < -0.39 is 0 Å². The molecule has 1 fully saturated rings. The van der Waals surface area contributed by atoms with Crippen LogP contribution >= 0.6 is 11.8 Å². The molecular weight excluding hydrogens is 164 g/mol. The SMILES string of the molecule is CC(C)(C)C1CCCCCCS1. The molecule has 72 valence electrons. The number of thioether (sulfide) groups is 1. The minimum absolute atomic E-state index is 0.516. The van der Waals surface area contributed by atoms with E-state index in [0.717, 1.165) is 5.25 Å². The van der Waals surface area contributed by atoms with E-state index >= 15 is 0 Å². The monoisotopic (exact) mass is 186 g/mol. The number of rotatable bonds is 0. The van der Waals surface area contributed by atoms with Crippen molar-refractivity contribution in [1.82, 2.24) is 0 Å². The summed E-state index contributed by atoms with van der Waals surface area (Å²) in [6, 6.07) is 0. The Morgan fingerprint density at radius 1 is 1.00 bits per heavy atom. The first kappa shape index (κ1) is 10.4. The van der Waals surface area contributed by atoms with Gasteiger partial charge < -0.3 is 0 Å². The molecule has 0 aromatic rings. The normalized spacial score (nSPS) is 27.8. The van der Waals surface area contributed by atoms with Crippen LogP contribution in [0, 0.1) is 5.41 Å².